The van der Waals surface area contributed by atoms with Crippen LogP contribution in [0.1, 0.15) is 35.7 Å². The lowest BCUT2D eigenvalue weighted by Gasteiger charge is -2.06. The van der Waals surface area contributed by atoms with Crippen molar-refractivity contribution < 1.29 is 0 Å². The molecule has 0 spiro atoms. The predicted octanol–water partition coefficient (Wildman–Crippen LogP) is 2.21. The minimum absolute atomic E-state index is 0.145. The van der Waals surface area contributed by atoms with Gasteiger partial charge in [0.2, 0.25) is 0 Å². The van der Waals surface area contributed by atoms with Gasteiger partial charge in [-0.1, -0.05) is 31.9 Å². The predicted molar refractivity (Wildman–Crippen MR) is 80.9 cm³/mol. The van der Waals surface area contributed by atoms with E-state index in [4.69, 9.17) is 11.6 Å². The highest BCUT2D eigenvalue weighted by molar-refractivity contribution is 7.11. The molecule has 2 aromatic rings. The topological polar surface area (TPSA) is 67.8 Å². The minimum Gasteiger partial charge on any atom is -0.297 e. The normalized spacial score (nSPS) is 10.9. The molecule has 0 amide bonds. The maximum Gasteiger partial charge on any atom is 0.329 e. The summed E-state index contributed by atoms with van der Waals surface area (Å²) in [5.41, 5.74) is -0.358. The van der Waals surface area contributed by atoms with E-state index in [0.717, 1.165) is 27.3 Å². The third-order valence-electron chi connectivity index (χ3n) is 2.97. The van der Waals surface area contributed by atoms with Crippen LogP contribution in [0.25, 0.3) is 0 Å². The Hall–Kier alpha value is -1.40. The SMILES string of the molecule is CCCc1c(Cl)[nH]c(=O)n(Cc2ncc(CC)s2)c1=O. The first-order valence-electron chi connectivity index (χ1n) is 6.51. The molecular formula is C13H16ClN3O2S. The number of aryl methyl sites for hydroxylation is 1. The third kappa shape index (κ3) is 3.02. The van der Waals surface area contributed by atoms with Crippen LogP contribution in [0.15, 0.2) is 15.8 Å². The first-order chi connectivity index (χ1) is 9.56. The average Bonchev–Trinajstić information content (AvgIpc) is 2.87. The number of nitrogens with one attached hydrogen (secondary N) is 1. The number of hydrogen-bond donors (Lipinski definition) is 1. The second kappa shape index (κ2) is 6.37. The zero-order chi connectivity index (χ0) is 14.7. The Kier molecular flexibility index (Phi) is 4.77. The van der Waals surface area contributed by atoms with E-state index in [2.05, 4.69) is 9.97 Å². The van der Waals surface area contributed by atoms with Gasteiger partial charge in [0, 0.05) is 11.1 Å². The van der Waals surface area contributed by atoms with E-state index in [9.17, 15) is 9.59 Å². The van der Waals surface area contributed by atoms with E-state index < -0.39 is 5.69 Å². The highest BCUT2D eigenvalue weighted by Gasteiger charge is 2.13. The fraction of sp³-hybridized carbons (Fsp3) is 0.462. The molecule has 0 aromatic carbocycles. The maximum atomic E-state index is 12.3. The number of thiazole rings is 1. The average molecular weight is 314 g/mol. The molecule has 0 saturated heterocycles. The molecule has 108 valence electrons. The summed E-state index contributed by atoms with van der Waals surface area (Å²) < 4.78 is 1.16. The van der Waals surface area contributed by atoms with Gasteiger partial charge in [0.25, 0.3) is 5.56 Å². The van der Waals surface area contributed by atoms with Crippen LogP contribution >= 0.6 is 22.9 Å². The number of halogens is 1. The van der Waals surface area contributed by atoms with Gasteiger partial charge in [-0.2, -0.15) is 0 Å². The zero-order valence-corrected chi connectivity index (χ0v) is 13.0. The van der Waals surface area contributed by atoms with Crippen LogP contribution in [0.5, 0.6) is 0 Å². The molecule has 7 heteroatoms. The largest absolute Gasteiger partial charge is 0.329 e. The highest BCUT2D eigenvalue weighted by atomic mass is 35.5. The standard InChI is InChI=1S/C13H16ClN3O2S/c1-3-5-9-11(14)16-13(19)17(12(9)18)7-10-15-6-8(4-2)20-10/h6H,3-5,7H2,1-2H3,(H,16,19). The summed E-state index contributed by atoms with van der Waals surface area (Å²) in [5, 5.41) is 0.894. The fourth-order valence-electron chi connectivity index (χ4n) is 1.92. The minimum atomic E-state index is -0.492. The summed E-state index contributed by atoms with van der Waals surface area (Å²) in [6.45, 7) is 4.18. The molecule has 20 heavy (non-hydrogen) atoms. The summed E-state index contributed by atoms with van der Waals surface area (Å²) in [5.74, 6) is 0. The van der Waals surface area contributed by atoms with Crippen LogP contribution in [-0.4, -0.2) is 14.5 Å². The molecule has 2 rings (SSSR count). The van der Waals surface area contributed by atoms with Crippen molar-refractivity contribution in [2.24, 2.45) is 0 Å². The lowest BCUT2D eigenvalue weighted by atomic mass is 10.2. The van der Waals surface area contributed by atoms with Crippen molar-refractivity contribution in [1.29, 1.82) is 0 Å². The van der Waals surface area contributed by atoms with Crippen molar-refractivity contribution in [3.05, 3.63) is 47.6 Å². The van der Waals surface area contributed by atoms with Crippen LogP contribution in [0.2, 0.25) is 5.15 Å². The lowest BCUT2D eigenvalue weighted by molar-refractivity contribution is 0.677. The van der Waals surface area contributed by atoms with Gasteiger partial charge in [0.1, 0.15) is 10.2 Å². The van der Waals surface area contributed by atoms with E-state index in [1.54, 1.807) is 6.20 Å². The monoisotopic (exact) mass is 313 g/mol. The van der Waals surface area contributed by atoms with Crippen molar-refractivity contribution in [2.45, 2.75) is 39.7 Å². The first-order valence-corrected chi connectivity index (χ1v) is 7.71. The molecule has 0 aliphatic carbocycles. The molecule has 0 aliphatic heterocycles. The molecular weight excluding hydrogens is 298 g/mol. The van der Waals surface area contributed by atoms with Crippen molar-refractivity contribution in [3.8, 4) is 0 Å². The van der Waals surface area contributed by atoms with Gasteiger partial charge in [0.15, 0.2) is 0 Å². The molecule has 0 unspecified atom stereocenters. The molecule has 2 aromatic heterocycles. The van der Waals surface area contributed by atoms with Crippen molar-refractivity contribution >= 4 is 22.9 Å². The van der Waals surface area contributed by atoms with Gasteiger partial charge in [-0.25, -0.2) is 9.78 Å². The molecule has 0 bridgehead atoms. The summed E-state index contributed by atoms with van der Waals surface area (Å²) in [7, 11) is 0. The number of aromatic amines is 1. The Morgan fingerprint density at radius 3 is 2.75 bits per heavy atom. The lowest BCUT2D eigenvalue weighted by Crippen LogP contribution is -2.37. The van der Waals surface area contributed by atoms with Gasteiger partial charge in [-0.15, -0.1) is 11.3 Å². The van der Waals surface area contributed by atoms with Crippen LogP contribution < -0.4 is 11.2 Å². The molecule has 0 atom stereocenters. The van der Waals surface area contributed by atoms with Crippen molar-refractivity contribution in [2.75, 3.05) is 0 Å². The Morgan fingerprint density at radius 1 is 1.40 bits per heavy atom. The summed E-state index contributed by atoms with van der Waals surface area (Å²) in [6, 6.07) is 0. The smallest absolute Gasteiger partial charge is 0.297 e. The Morgan fingerprint density at radius 2 is 2.15 bits per heavy atom. The van der Waals surface area contributed by atoms with Gasteiger partial charge >= 0.3 is 5.69 Å². The number of H-pyrrole nitrogens is 1. The number of hydrogen-bond acceptors (Lipinski definition) is 4. The van der Waals surface area contributed by atoms with Crippen molar-refractivity contribution in [1.82, 2.24) is 14.5 Å². The van der Waals surface area contributed by atoms with E-state index >= 15 is 0 Å². The van der Waals surface area contributed by atoms with Gasteiger partial charge in [-0.05, 0) is 12.8 Å². The number of nitrogens with zero attached hydrogens (tertiary/aromatic N) is 2. The van der Waals surface area contributed by atoms with E-state index in [1.807, 2.05) is 13.8 Å². The number of aromatic nitrogens is 3. The molecule has 0 aliphatic rings. The van der Waals surface area contributed by atoms with Crippen LogP contribution in [0.3, 0.4) is 0 Å². The molecule has 0 radical (unpaired) electrons. The highest BCUT2D eigenvalue weighted by Crippen LogP contribution is 2.14. The molecule has 1 N–H and O–H groups in total. The Bertz CT molecular complexity index is 717. The first kappa shape index (κ1) is 15.0. The van der Waals surface area contributed by atoms with E-state index in [-0.39, 0.29) is 17.3 Å². The quantitative estimate of drug-likeness (QED) is 0.861. The summed E-state index contributed by atoms with van der Waals surface area (Å²) >= 11 is 7.45. The Balaban J connectivity index is 2.43. The van der Waals surface area contributed by atoms with Gasteiger partial charge < -0.3 is 0 Å². The molecule has 0 saturated carbocycles. The summed E-state index contributed by atoms with van der Waals surface area (Å²) in [4.78, 5) is 32.1. The van der Waals surface area contributed by atoms with Crippen molar-refractivity contribution in [3.63, 3.8) is 0 Å². The molecule has 5 nitrogen and oxygen atoms in total. The van der Waals surface area contributed by atoms with Gasteiger partial charge in [-0.3, -0.25) is 14.3 Å². The van der Waals surface area contributed by atoms with Crippen LogP contribution in [0, 0.1) is 0 Å². The summed E-state index contributed by atoms with van der Waals surface area (Å²) in [6.07, 6.45) is 4.01. The molecule has 0 fully saturated rings. The van der Waals surface area contributed by atoms with E-state index in [0.29, 0.717) is 12.0 Å². The van der Waals surface area contributed by atoms with Crippen LogP contribution in [-0.2, 0) is 19.4 Å². The molecule has 2 heterocycles. The van der Waals surface area contributed by atoms with E-state index in [1.165, 1.54) is 11.3 Å². The fourth-order valence-corrected chi connectivity index (χ4v) is 3.02. The second-order valence-electron chi connectivity index (χ2n) is 4.44. The number of rotatable bonds is 5. The zero-order valence-electron chi connectivity index (χ0n) is 11.4. The Labute approximate surface area is 125 Å². The third-order valence-corrected chi connectivity index (χ3v) is 4.42. The van der Waals surface area contributed by atoms with Crippen LogP contribution in [0.4, 0.5) is 0 Å². The second-order valence-corrected chi connectivity index (χ2v) is 6.02. The van der Waals surface area contributed by atoms with Gasteiger partial charge in [0.05, 0.1) is 12.1 Å². The maximum absolute atomic E-state index is 12.3.